The predicted molar refractivity (Wildman–Crippen MR) is 90.4 cm³/mol. The molecule has 2 aliphatic heterocycles. The molecule has 0 saturated carbocycles. The van der Waals surface area contributed by atoms with E-state index in [1.54, 1.807) is 8.61 Å². The molecule has 7 nitrogen and oxygen atoms in total. The van der Waals surface area contributed by atoms with Gasteiger partial charge in [0.25, 0.3) is 10.2 Å². The summed E-state index contributed by atoms with van der Waals surface area (Å²) in [6.07, 6.45) is 4.59. The predicted octanol–water partition coefficient (Wildman–Crippen LogP) is 1.53. The summed E-state index contributed by atoms with van der Waals surface area (Å²) in [5.74, 6) is 0. The second-order valence-corrected chi connectivity index (χ2v) is 8.29. The first kappa shape index (κ1) is 15.7. The Morgan fingerprint density at radius 3 is 2.50 bits per heavy atom. The summed E-state index contributed by atoms with van der Waals surface area (Å²) in [4.78, 5) is 0. The van der Waals surface area contributed by atoms with Crippen LogP contribution in [-0.4, -0.2) is 58.2 Å². The Morgan fingerprint density at radius 1 is 1.00 bits per heavy atom. The smallest absolute Gasteiger partial charge is 0.247 e. The summed E-state index contributed by atoms with van der Waals surface area (Å²) in [5.41, 5.74) is 1.83. The van der Waals surface area contributed by atoms with Crippen molar-refractivity contribution in [3.05, 3.63) is 36.5 Å². The molecule has 2 fully saturated rings. The molecule has 1 aromatic heterocycles. The van der Waals surface area contributed by atoms with E-state index in [1.165, 1.54) is 0 Å². The summed E-state index contributed by atoms with van der Waals surface area (Å²) < 4.78 is 30.3. The molecular formula is C16H21N5O2S. The number of aromatic nitrogens is 3. The summed E-state index contributed by atoms with van der Waals surface area (Å²) in [6, 6.07) is 9.93. The van der Waals surface area contributed by atoms with E-state index < -0.39 is 10.2 Å². The van der Waals surface area contributed by atoms with Crippen molar-refractivity contribution in [1.82, 2.24) is 23.6 Å². The van der Waals surface area contributed by atoms with E-state index in [9.17, 15) is 8.42 Å². The van der Waals surface area contributed by atoms with Crippen molar-refractivity contribution in [2.75, 3.05) is 26.2 Å². The topological polar surface area (TPSA) is 71.3 Å². The fourth-order valence-electron chi connectivity index (χ4n) is 3.41. The number of nitrogens with zero attached hydrogens (tertiary/aromatic N) is 5. The SMILES string of the molecule is O=S(=O)(N1CCCC1)N1CCC(n2cc(-c3ccccc3)nn2)C1. The third kappa shape index (κ3) is 2.85. The Hall–Kier alpha value is -1.77. The minimum Gasteiger partial charge on any atom is -0.247 e. The summed E-state index contributed by atoms with van der Waals surface area (Å²) in [5, 5.41) is 8.45. The average molecular weight is 347 g/mol. The molecule has 8 heteroatoms. The molecule has 0 N–H and O–H groups in total. The zero-order valence-corrected chi connectivity index (χ0v) is 14.3. The van der Waals surface area contributed by atoms with Gasteiger partial charge < -0.3 is 0 Å². The van der Waals surface area contributed by atoms with Gasteiger partial charge in [0.1, 0.15) is 5.69 Å². The average Bonchev–Trinajstić information content (AvgIpc) is 3.35. The van der Waals surface area contributed by atoms with Crippen LogP contribution in [0.5, 0.6) is 0 Å². The van der Waals surface area contributed by atoms with Crippen molar-refractivity contribution < 1.29 is 8.42 Å². The van der Waals surface area contributed by atoms with Gasteiger partial charge in [0, 0.05) is 31.7 Å². The van der Waals surface area contributed by atoms with Crippen molar-refractivity contribution in [1.29, 1.82) is 0 Å². The molecule has 2 saturated heterocycles. The van der Waals surface area contributed by atoms with Crippen molar-refractivity contribution >= 4 is 10.2 Å². The first-order chi connectivity index (χ1) is 11.6. The Kier molecular flexibility index (Phi) is 4.11. The Labute approximate surface area is 142 Å². The maximum atomic E-state index is 12.6. The van der Waals surface area contributed by atoms with Crippen molar-refractivity contribution in [3.8, 4) is 11.3 Å². The lowest BCUT2D eigenvalue weighted by Crippen LogP contribution is -2.41. The van der Waals surface area contributed by atoms with E-state index in [2.05, 4.69) is 10.3 Å². The molecule has 3 heterocycles. The number of benzene rings is 1. The highest BCUT2D eigenvalue weighted by molar-refractivity contribution is 7.86. The van der Waals surface area contributed by atoms with Gasteiger partial charge in [0.05, 0.1) is 12.2 Å². The third-order valence-electron chi connectivity index (χ3n) is 4.80. The van der Waals surface area contributed by atoms with Gasteiger partial charge in [-0.15, -0.1) is 5.10 Å². The maximum Gasteiger partial charge on any atom is 0.282 e. The van der Waals surface area contributed by atoms with Gasteiger partial charge in [-0.1, -0.05) is 35.5 Å². The Balaban J connectivity index is 1.48. The fourth-order valence-corrected chi connectivity index (χ4v) is 5.16. The third-order valence-corrected chi connectivity index (χ3v) is 6.80. The zero-order chi connectivity index (χ0) is 16.6. The van der Waals surface area contributed by atoms with Crippen LogP contribution < -0.4 is 0 Å². The van der Waals surface area contributed by atoms with E-state index in [-0.39, 0.29) is 6.04 Å². The van der Waals surface area contributed by atoms with Crippen molar-refractivity contribution in [3.63, 3.8) is 0 Å². The van der Waals surface area contributed by atoms with Crippen molar-refractivity contribution in [2.45, 2.75) is 25.3 Å². The lowest BCUT2D eigenvalue weighted by atomic mass is 10.2. The number of hydrogen-bond donors (Lipinski definition) is 0. The van der Waals surface area contributed by atoms with Crippen LogP contribution in [0.4, 0.5) is 0 Å². The van der Waals surface area contributed by atoms with Crippen LogP contribution in [0.2, 0.25) is 0 Å². The molecule has 0 radical (unpaired) electrons. The van der Waals surface area contributed by atoms with Gasteiger partial charge in [-0.05, 0) is 19.3 Å². The second kappa shape index (κ2) is 6.27. The van der Waals surface area contributed by atoms with Crippen molar-refractivity contribution in [2.24, 2.45) is 0 Å². The van der Waals surface area contributed by atoms with Gasteiger partial charge in [-0.2, -0.15) is 17.0 Å². The molecular weight excluding hydrogens is 326 g/mol. The highest BCUT2D eigenvalue weighted by atomic mass is 32.2. The highest BCUT2D eigenvalue weighted by Crippen LogP contribution is 2.27. The first-order valence-electron chi connectivity index (χ1n) is 8.37. The zero-order valence-electron chi connectivity index (χ0n) is 13.5. The second-order valence-electron chi connectivity index (χ2n) is 6.36. The number of hydrogen-bond acceptors (Lipinski definition) is 4. The molecule has 2 aromatic rings. The van der Waals surface area contributed by atoms with Crippen LogP contribution in [-0.2, 0) is 10.2 Å². The molecule has 4 rings (SSSR count). The van der Waals surface area contributed by atoms with Crippen LogP contribution in [0.15, 0.2) is 36.5 Å². The largest absolute Gasteiger partial charge is 0.282 e. The quantitative estimate of drug-likeness (QED) is 0.841. The molecule has 128 valence electrons. The van der Waals surface area contributed by atoms with Crippen LogP contribution in [0.3, 0.4) is 0 Å². The fraction of sp³-hybridized carbons (Fsp3) is 0.500. The van der Waals surface area contributed by atoms with E-state index >= 15 is 0 Å². The van der Waals surface area contributed by atoms with Gasteiger partial charge in [-0.3, -0.25) is 0 Å². The summed E-state index contributed by atoms with van der Waals surface area (Å²) in [6.45, 7) is 2.30. The summed E-state index contributed by atoms with van der Waals surface area (Å²) >= 11 is 0. The molecule has 0 bridgehead atoms. The lowest BCUT2D eigenvalue weighted by Gasteiger charge is -2.23. The van der Waals surface area contributed by atoms with Gasteiger partial charge in [0.15, 0.2) is 0 Å². The minimum absolute atomic E-state index is 0.0485. The maximum absolute atomic E-state index is 12.6. The van der Waals surface area contributed by atoms with Crippen LogP contribution in [0.1, 0.15) is 25.3 Å². The Morgan fingerprint density at radius 2 is 1.75 bits per heavy atom. The van der Waals surface area contributed by atoms with Crippen LogP contribution in [0.25, 0.3) is 11.3 Å². The molecule has 0 amide bonds. The highest BCUT2D eigenvalue weighted by Gasteiger charge is 2.37. The molecule has 1 atom stereocenters. The van der Waals surface area contributed by atoms with E-state index in [4.69, 9.17) is 0 Å². The van der Waals surface area contributed by atoms with E-state index in [0.29, 0.717) is 26.2 Å². The molecule has 24 heavy (non-hydrogen) atoms. The molecule has 1 unspecified atom stereocenters. The standard InChI is InChI=1S/C16H21N5O2S/c22-24(23,19-9-4-5-10-19)20-11-8-15(12-20)21-13-16(17-18-21)14-6-2-1-3-7-14/h1-3,6-7,13,15H,4-5,8-12H2. The first-order valence-corrected chi connectivity index (χ1v) is 9.77. The molecule has 0 spiro atoms. The minimum atomic E-state index is -3.32. The van der Waals surface area contributed by atoms with Crippen LogP contribution >= 0.6 is 0 Å². The molecule has 0 aliphatic carbocycles. The lowest BCUT2D eigenvalue weighted by molar-refractivity contribution is 0.381. The normalized spacial score (nSPS) is 23.1. The van der Waals surface area contributed by atoms with Gasteiger partial charge in [-0.25, -0.2) is 4.68 Å². The van der Waals surface area contributed by atoms with Gasteiger partial charge >= 0.3 is 0 Å². The van der Waals surface area contributed by atoms with E-state index in [1.807, 2.05) is 41.2 Å². The monoisotopic (exact) mass is 347 g/mol. The van der Waals surface area contributed by atoms with E-state index in [0.717, 1.165) is 30.5 Å². The van der Waals surface area contributed by atoms with Crippen LogP contribution in [0, 0.1) is 0 Å². The Bertz CT molecular complexity index is 799. The molecule has 1 aromatic carbocycles. The van der Waals surface area contributed by atoms with Gasteiger partial charge in [0.2, 0.25) is 0 Å². The summed E-state index contributed by atoms with van der Waals surface area (Å²) in [7, 11) is -3.32. The number of rotatable bonds is 4. The molecule has 2 aliphatic rings.